The van der Waals surface area contributed by atoms with Crippen molar-refractivity contribution in [1.29, 1.82) is 0 Å². The molecule has 1 aromatic heterocycles. The number of benzene rings is 1. The molecule has 7 nitrogen and oxygen atoms in total. The molecule has 1 aromatic carbocycles. The summed E-state index contributed by atoms with van der Waals surface area (Å²) in [4.78, 5) is 0. The molecule has 22 heavy (non-hydrogen) atoms. The van der Waals surface area contributed by atoms with E-state index in [9.17, 15) is 18.6 Å². The third kappa shape index (κ3) is 2.69. The molecule has 0 aliphatic carbocycles. The van der Waals surface area contributed by atoms with Gasteiger partial charge in [0.05, 0.1) is 12.9 Å². The summed E-state index contributed by atoms with van der Waals surface area (Å²) in [6.07, 6.45) is 0. The Kier molecular flexibility index (Phi) is 4.23. The normalized spacial score (nSPS) is 11.4. The molecule has 0 bridgehead atoms. The molecule has 0 aliphatic rings. The molecular formula is C14H17NO6S. The second kappa shape index (κ2) is 5.80. The van der Waals surface area contributed by atoms with E-state index in [0.29, 0.717) is 11.3 Å². The number of methoxy groups -OCH3 is 1. The molecule has 2 rings (SSSR count). The highest BCUT2D eigenvalue weighted by Gasteiger charge is 2.28. The Balaban J connectivity index is 2.55. The number of sulfonamides is 1. The molecule has 0 fully saturated rings. The maximum absolute atomic E-state index is 11.9. The first-order chi connectivity index (χ1) is 10.3. The predicted octanol–water partition coefficient (Wildman–Crippen LogP) is 2.15. The van der Waals surface area contributed by atoms with Crippen LogP contribution in [0.1, 0.15) is 6.92 Å². The van der Waals surface area contributed by atoms with E-state index in [0.717, 1.165) is 4.31 Å². The molecular weight excluding hydrogens is 310 g/mol. The van der Waals surface area contributed by atoms with Crippen molar-refractivity contribution in [2.24, 2.45) is 0 Å². The second-order valence-electron chi connectivity index (χ2n) is 4.53. The van der Waals surface area contributed by atoms with Crippen LogP contribution in [-0.2, 0) is 10.0 Å². The van der Waals surface area contributed by atoms with E-state index in [-0.39, 0.29) is 17.4 Å². The van der Waals surface area contributed by atoms with Gasteiger partial charge in [-0.3, -0.25) is 0 Å². The average Bonchev–Trinajstić information content (AvgIpc) is 2.82. The second-order valence-corrected chi connectivity index (χ2v) is 6.82. The first-order valence-electron chi connectivity index (χ1n) is 6.47. The SMILES string of the molecule is CCS(=O)(=O)N(C)c1oc(-c2cccc(OC)c2)c(O)c1O. The summed E-state index contributed by atoms with van der Waals surface area (Å²) in [7, 11) is -0.894. The highest BCUT2D eigenvalue weighted by Crippen LogP contribution is 2.47. The maximum Gasteiger partial charge on any atom is 0.256 e. The molecule has 2 aromatic rings. The average molecular weight is 327 g/mol. The van der Waals surface area contributed by atoms with Gasteiger partial charge in [-0.15, -0.1) is 0 Å². The van der Waals surface area contributed by atoms with Crippen LogP contribution in [0.25, 0.3) is 11.3 Å². The Morgan fingerprint density at radius 2 is 1.95 bits per heavy atom. The minimum Gasteiger partial charge on any atom is -0.502 e. The van der Waals surface area contributed by atoms with Crippen LogP contribution in [0, 0.1) is 0 Å². The van der Waals surface area contributed by atoms with Crippen molar-refractivity contribution in [1.82, 2.24) is 0 Å². The number of anilines is 1. The number of rotatable bonds is 5. The van der Waals surface area contributed by atoms with Crippen molar-refractivity contribution in [2.75, 3.05) is 24.2 Å². The largest absolute Gasteiger partial charge is 0.502 e. The summed E-state index contributed by atoms with van der Waals surface area (Å²) < 4.78 is 35.0. The molecule has 0 amide bonds. The van der Waals surface area contributed by atoms with E-state index in [1.165, 1.54) is 21.1 Å². The Morgan fingerprint density at radius 3 is 2.55 bits per heavy atom. The lowest BCUT2D eigenvalue weighted by atomic mass is 10.1. The minimum atomic E-state index is -3.63. The van der Waals surface area contributed by atoms with E-state index >= 15 is 0 Å². The summed E-state index contributed by atoms with van der Waals surface area (Å²) in [6.45, 7) is 1.47. The van der Waals surface area contributed by atoms with Gasteiger partial charge in [0.2, 0.25) is 21.5 Å². The van der Waals surface area contributed by atoms with Gasteiger partial charge in [0.15, 0.2) is 5.76 Å². The molecule has 0 saturated carbocycles. The number of hydrogen-bond donors (Lipinski definition) is 2. The lowest BCUT2D eigenvalue weighted by Crippen LogP contribution is -2.27. The number of aromatic hydroxyl groups is 2. The molecule has 1 heterocycles. The van der Waals surface area contributed by atoms with Crippen LogP contribution >= 0.6 is 0 Å². The number of furan rings is 1. The number of nitrogens with zero attached hydrogens (tertiary/aromatic N) is 1. The zero-order chi connectivity index (χ0) is 16.5. The summed E-state index contributed by atoms with van der Waals surface area (Å²) in [5, 5.41) is 20.0. The molecule has 0 aliphatic heterocycles. The van der Waals surface area contributed by atoms with E-state index in [1.807, 2.05) is 0 Å². The zero-order valence-corrected chi connectivity index (χ0v) is 13.2. The number of hydrogen-bond acceptors (Lipinski definition) is 6. The highest BCUT2D eigenvalue weighted by atomic mass is 32.2. The smallest absolute Gasteiger partial charge is 0.256 e. The molecule has 0 unspecified atom stereocenters. The lowest BCUT2D eigenvalue weighted by Gasteiger charge is -2.14. The van der Waals surface area contributed by atoms with Crippen LogP contribution in [0.3, 0.4) is 0 Å². The van der Waals surface area contributed by atoms with Gasteiger partial charge < -0.3 is 19.4 Å². The quantitative estimate of drug-likeness (QED) is 0.873. The lowest BCUT2D eigenvalue weighted by molar-refractivity contribution is 0.409. The summed E-state index contributed by atoms with van der Waals surface area (Å²) in [5.41, 5.74) is 0.445. The van der Waals surface area contributed by atoms with E-state index in [2.05, 4.69) is 0 Å². The molecule has 0 radical (unpaired) electrons. The van der Waals surface area contributed by atoms with Gasteiger partial charge in [0.25, 0.3) is 5.88 Å². The van der Waals surface area contributed by atoms with Crippen molar-refractivity contribution in [3.8, 4) is 28.6 Å². The summed E-state index contributed by atoms with van der Waals surface area (Å²) in [5.74, 6) is -1.16. The summed E-state index contributed by atoms with van der Waals surface area (Å²) in [6, 6.07) is 6.62. The van der Waals surface area contributed by atoms with Crippen molar-refractivity contribution in [3.05, 3.63) is 24.3 Å². The molecule has 120 valence electrons. The molecule has 0 atom stereocenters. The Bertz CT molecular complexity index is 781. The van der Waals surface area contributed by atoms with Crippen LogP contribution in [0.5, 0.6) is 17.2 Å². The van der Waals surface area contributed by atoms with Crippen LogP contribution in [-0.4, -0.2) is 38.5 Å². The molecule has 0 saturated heterocycles. The van der Waals surface area contributed by atoms with Gasteiger partial charge in [-0.05, 0) is 19.1 Å². The van der Waals surface area contributed by atoms with Crippen molar-refractivity contribution in [3.63, 3.8) is 0 Å². The van der Waals surface area contributed by atoms with Gasteiger partial charge in [0, 0.05) is 12.6 Å². The van der Waals surface area contributed by atoms with Gasteiger partial charge >= 0.3 is 0 Å². The van der Waals surface area contributed by atoms with E-state index in [1.54, 1.807) is 24.3 Å². The Morgan fingerprint density at radius 1 is 1.27 bits per heavy atom. The van der Waals surface area contributed by atoms with Gasteiger partial charge in [-0.25, -0.2) is 12.7 Å². The van der Waals surface area contributed by atoms with Gasteiger partial charge in [-0.1, -0.05) is 12.1 Å². The van der Waals surface area contributed by atoms with Crippen LogP contribution in [0.2, 0.25) is 0 Å². The highest BCUT2D eigenvalue weighted by molar-refractivity contribution is 7.92. The van der Waals surface area contributed by atoms with Crippen LogP contribution < -0.4 is 9.04 Å². The maximum atomic E-state index is 11.9. The topological polar surface area (TPSA) is 100 Å². The standard InChI is InChI=1S/C14H17NO6S/c1-4-22(18,19)15(2)14-12(17)11(16)13(21-14)9-6-5-7-10(8-9)20-3/h5-8,16-17H,4H2,1-3H3. The van der Waals surface area contributed by atoms with Gasteiger partial charge in [-0.2, -0.15) is 0 Å². The summed E-state index contributed by atoms with van der Waals surface area (Å²) >= 11 is 0. The van der Waals surface area contributed by atoms with E-state index < -0.39 is 21.5 Å². The van der Waals surface area contributed by atoms with E-state index in [4.69, 9.17) is 9.15 Å². The zero-order valence-electron chi connectivity index (χ0n) is 12.4. The first-order valence-corrected chi connectivity index (χ1v) is 8.08. The Hall–Kier alpha value is -2.35. The monoisotopic (exact) mass is 327 g/mol. The fourth-order valence-corrected chi connectivity index (χ4v) is 2.66. The van der Waals surface area contributed by atoms with Crippen molar-refractivity contribution in [2.45, 2.75) is 6.92 Å². The minimum absolute atomic E-state index is 0.0375. The first kappa shape index (κ1) is 16.0. The Labute approximate surface area is 128 Å². The van der Waals surface area contributed by atoms with Crippen molar-refractivity contribution >= 4 is 15.9 Å². The van der Waals surface area contributed by atoms with Crippen molar-refractivity contribution < 1.29 is 27.8 Å². The van der Waals surface area contributed by atoms with Crippen LogP contribution in [0.15, 0.2) is 28.7 Å². The number of ether oxygens (including phenoxy) is 1. The molecule has 2 N–H and O–H groups in total. The molecule has 0 spiro atoms. The fourth-order valence-electron chi connectivity index (χ4n) is 1.90. The third-order valence-electron chi connectivity index (χ3n) is 3.24. The predicted molar refractivity (Wildman–Crippen MR) is 81.9 cm³/mol. The third-order valence-corrected chi connectivity index (χ3v) is 4.97. The molecule has 8 heteroatoms. The van der Waals surface area contributed by atoms with Gasteiger partial charge in [0.1, 0.15) is 5.75 Å². The van der Waals surface area contributed by atoms with Crippen LogP contribution in [0.4, 0.5) is 5.88 Å². The fraction of sp³-hybridized carbons (Fsp3) is 0.286.